The predicted molar refractivity (Wildman–Crippen MR) is 73.5 cm³/mol. The molecule has 0 saturated carbocycles. The highest BCUT2D eigenvalue weighted by Gasteiger charge is 2.06. The summed E-state index contributed by atoms with van der Waals surface area (Å²) >= 11 is 0. The fourth-order valence-corrected chi connectivity index (χ4v) is 1.78. The van der Waals surface area contributed by atoms with Crippen molar-refractivity contribution in [3.05, 3.63) is 36.5 Å². The van der Waals surface area contributed by atoms with Gasteiger partial charge in [-0.25, -0.2) is 0 Å². The summed E-state index contributed by atoms with van der Waals surface area (Å²) in [5.74, 6) is 3.40. The van der Waals surface area contributed by atoms with Crippen LogP contribution in [0.1, 0.15) is 6.92 Å². The Morgan fingerprint density at radius 2 is 2.28 bits per heavy atom. The highest BCUT2D eigenvalue weighted by atomic mass is 16.5. The monoisotopic (exact) mass is 240 g/mol. The van der Waals surface area contributed by atoms with E-state index >= 15 is 0 Å². The molecule has 1 aromatic heterocycles. The van der Waals surface area contributed by atoms with E-state index in [0.717, 1.165) is 23.2 Å². The van der Waals surface area contributed by atoms with Gasteiger partial charge >= 0.3 is 0 Å². The number of aromatic nitrogens is 1. The highest BCUT2D eigenvalue weighted by molar-refractivity contribution is 5.84. The number of nitrogens with one attached hydrogen (secondary N) is 1. The molecule has 2 rings (SSSR count). The van der Waals surface area contributed by atoms with Gasteiger partial charge in [0.05, 0.1) is 12.1 Å². The molecule has 0 aliphatic carbocycles. The topological polar surface area (TPSA) is 34.1 Å². The molecule has 1 atom stereocenters. The fourth-order valence-electron chi connectivity index (χ4n) is 1.78. The van der Waals surface area contributed by atoms with E-state index in [4.69, 9.17) is 11.2 Å². The molecule has 92 valence electrons. The molecule has 0 aliphatic rings. The van der Waals surface area contributed by atoms with Gasteiger partial charge in [0, 0.05) is 18.1 Å². The van der Waals surface area contributed by atoms with Crippen molar-refractivity contribution in [1.29, 1.82) is 0 Å². The Labute approximate surface area is 107 Å². The van der Waals surface area contributed by atoms with Gasteiger partial charge in [-0.1, -0.05) is 12.0 Å². The lowest BCUT2D eigenvalue weighted by Gasteiger charge is -2.16. The predicted octanol–water partition coefficient (Wildman–Crippen LogP) is 2.22. The van der Waals surface area contributed by atoms with Gasteiger partial charge in [-0.15, -0.1) is 6.42 Å². The molecule has 3 heteroatoms. The highest BCUT2D eigenvalue weighted by Crippen LogP contribution is 2.24. The largest absolute Gasteiger partial charge is 0.489 e. The van der Waals surface area contributed by atoms with E-state index in [1.165, 1.54) is 0 Å². The molecule has 0 amide bonds. The summed E-state index contributed by atoms with van der Waals surface area (Å²) in [5.41, 5.74) is 0.943. The van der Waals surface area contributed by atoms with E-state index in [9.17, 15) is 0 Å². The van der Waals surface area contributed by atoms with Gasteiger partial charge in [0.2, 0.25) is 0 Å². The first-order valence-electron chi connectivity index (χ1n) is 5.96. The van der Waals surface area contributed by atoms with Crippen LogP contribution in [0.2, 0.25) is 0 Å². The van der Waals surface area contributed by atoms with E-state index in [-0.39, 0.29) is 6.10 Å². The molecule has 0 bridgehead atoms. The van der Waals surface area contributed by atoms with Crippen molar-refractivity contribution >= 4 is 10.9 Å². The lowest BCUT2D eigenvalue weighted by molar-refractivity contribution is 0.222. The number of terminal acetylenes is 1. The Hall–Kier alpha value is -2.05. The molecular weight excluding hydrogens is 224 g/mol. The van der Waals surface area contributed by atoms with Crippen molar-refractivity contribution in [3.8, 4) is 18.1 Å². The van der Waals surface area contributed by atoms with Gasteiger partial charge in [0.1, 0.15) is 11.9 Å². The van der Waals surface area contributed by atoms with Crippen LogP contribution in [0, 0.1) is 12.3 Å². The summed E-state index contributed by atoms with van der Waals surface area (Å²) in [5, 5.41) is 4.16. The molecule has 0 spiro atoms. The van der Waals surface area contributed by atoms with Crippen LogP contribution in [-0.4, -0.2) is 24.2 Å². The number of pyridine rings is 1. The zero-order valence-corrected chi connectivity index (χ0v) is 10.4. The second kappa shape index (κ2) is 6.04. The SMILES string of the molecule is C#CCNCC(C)Oc1cccc2ncccc12. The van der Waals surface area contributed by atoms with Crippen LogP contribution < -0.4 is 10.1 Å². The zero-order chi connectivity index (χ0) is 12.8. The van der Waals surface area contributed by atoms with Gasteiger partial charge in [0.25, 0.3) is 0 Å². The lowest BCUT2D eigenvalue weighted by Crippen LogP contribution is -2.29. The van der Waals surface area contributed by atoms with Crippen LogP contribution in [0.4, 0.5) is 0 Å². The molecule has 1 unspecified atom stereocenters. The van der Waals surface area contributed by atoms with Crippen LogP contribution >= 0.6 is 0 Å². The van der Waals surface area contributed by atoms with Crippen LogP contribution in [0.3, 0.4) is 0 Å². The van der Waals surface area contributed by atoms with E-state index in [1.807, 2.05) is 37.3 Å². The number of fused-ring (bicyclic) bond motifs is 1. The maximum absolute atomic E-state index is 5.90. The van der Waals surface area contributed by atoms with E-state index in [1.54, 1.807) is 6.20 Å². The van der Waals surface area contributed by atoms with E-state index in [0.29, 0.717) is 6.54 Å². The smallest absolute Gasteiger partial charge is 0.129 e. The van der Waals surface area contributed by atoms with Gasteiger partial charge in [-0.2, -0.15) is 0 Å². The Kier molecular flexibility index (Phi) is 4.16. The van der Waals surface area contributed by atoms with Crippen LogP contribution in [0.25, 0.3) is 10.9 Å². The Bertz CT molecular complexity index is 554. The quantitative estimate of drug-likeness (QED) is 0.643. The van der Waals surface area contributed by atoms with Crippen molar-refractivity contribution in [3.63, 3.8) is 0 Å². The molecule has 0 saturated heterocycles. The van der Waals surface area contributed by atoms with Gasteiger partial charge in [0.15, 0.2) is 0 Å². The van der Waals surface area contributed by atoms with Crippen molar-refractivity contribution in [2.45, 2.75) is 13.0 Å². The minimum absolute atomic E-state index is 0.0594. The van der Waals surface area contributed by atoms with Crippen molar-refractivity contribution in [1.82, 2.24) is 10.3 Å². The second-order valence-electron chi connectivity index (χ2n) is 4.09. The summed E-state index contributed by atoms with van der Waals surface area (Å²) in [7, 11) is 0. The number of hydrogen-bond acceptors (Lipinski definition) is 3. The average Bonchev–Trinajstić information content (AvgIpc) is 2.39. The maximum Gasteiger partial charge on any atom is 0.129 e. The minimum Gasteiger partial charge on any atom is -0.489 e. The number of ether oxygens (including phenoxy) is 1. The summed E-state index contributed by atoms with van der Waals surface area (Å²) < 4.78 is 5.90. The van der Waals surface area contributed by atoms with Gasteiger partial charge in [-0.3, -0.25) is 4.98 Å². The minimum atomic E-state index is 0.0594. The Balaban J connectivity index is 2.09. The van der Waals surface area contributed by atoms with Crippen molar-refractivity contribution in [2.75, 3.05) is 13.1 Å². The number of hydrogen-bond donors (Lipinski definition) is 1. The molecular formula is C15H16N2O. The summed E-state index contributed by atoms with van der Waals surface area (Å²) in [6, 6.07) is 9.81. The van der Waals surface area contributed by atoms with Gasteiger partial charge < -0.3 is 10.1 Å². The summed E-state index contributed by atoms with van der Waals surface area (Å²) in [6.07, 6.45) is 7.02. The maximum atomic E-state index is 5.90. The third-order valence-corrected chi connectivity index (χ3v) is 2.59. The molecule has 1 N–H and O–H groups in total. The Morgan fingerprint density at radius 3 is 3.11 bits per heavy atom. The first kappa shape index (κ1) is 12.4. The molecule has 18 heavy (non-hydrogen) atoms. The number of rotatable bonds is 5. The summed E-state index contributed by atoms with van der Waals surface area (Å²) in [6.45, 7) is 3.30. The Morgan fingerprint density at radius 1 is 1.39 bits per heavy atom. The van der Waals surface area contributed by atoms with Crippen molar-refractivity contribution in [2.24, 2.45) is 0 Å². The standard InChI is InChI=1S/C15H16N2O/c1-3-9-16-11-12(2)18-15-8-4-7-14-13(15)6-5-10-17-14/h1,4-8,10,12,16H,9,11H2,2H3. The lowest BCUT2D eigenvalue weighted by atomic mass is 10.2. The molecule has 3 nitrogen and oxygen atoms in total. The van der Waals surface area contributed by atoms with E-state index < -0.39 is 0 Å². The normalized spacial score (nSPS) is 12.0. The van der Waals surface area contributed by atoms with Crippen LogP contribution in [-0.2, 0) is 0 Å². The number of nitrogens with zero attached hydrogens (tertiary/aromatic N) is 1. The zero-order valence-electron chi connectivity index (χ0n) is 10.4. The molecule has 0 radical (unpaired) electrons. The molecule has 2 aromatic rings. The van der Waals surface area contributed by atoms with Crippen LogP contribution in [0.5, 0.6) is 5.75 Å². The number of benzene rings is 1. The molecule has 1 aromatic carbocycles. The average molecular weight is 240 g/mol. The summed E-state index contributed by atoms with van der Waals surface area (Å²) in [4.78, 5) is 4.30. The van der Waals surface area contributed by atoms with Crippen molar-refractivity contribution < 1.29 is 4.74 Å². The first-order chi connectivity index (χ1) is 8.81. The molecule has 0 aliphatic heterocycles. The van der Waals surface area contributed by atoms with E-state index in [2.05, 4.69) is 16.2 Å². The first-order valence-corrected chi connectivity index (χ1v) is 5.96. The van der Waals surface area contributed by atoms with Gasteiger partial charge in [-0.05, 0) is 31.2 Å². The molecule has 1 heterocycles. The fraction of sp³-hybridized carbons (Fsp3) is 0.267. The second-order valence-corrected chi connectivity index (χ2v) is 4.09. The third kappa shape index (κ3) is 2.99. The third-order valence-electron chi connectivity index (χ3n) is 2.59. The van der Waals surface area contributed by atoms with Crippen LogP contribution in [0.15, 0.2) is 36.5 Å². The molecule has 0 fully saturated rings.